The quantitative estimate of drug-likeness (QED) is 0.851. The second-order valence-electron chi connectivity index (χ2n) is 5.17. The Kier molecular flexibility index (Phi) is 3.99. The Hall–Kier alpha value is -0.830. The van der Waals surface area contributed by atoms with E-state index in [0.29, 0.717) is 6.04 Å². The molecule has 2 unspecified atom stereocenters. The molecule has 0 aliphatic heterocycles. The lowest BCUT2D eigenvalue weighted by atomic mass is 9.78. The molecular formula is C13H22N2O. The molecule has 1 fully saturated rings. The van der Waals surface area contributed by atoms with Crippen molar-refractivity contribution in [3.8, 4) is 0 Å². The van der Waals surface area contributed by atoms with E-state index in [-0.39, 0.29) is 0 Å². The van der Waals surface area contributed by atoms with Gasteiger partial charge in [0, 0.05) is 18.7 Å². The Morgan fingerprint density at radius 3 is 2.94 bits per heavy atom. The van der Waals surface area contributed by atoms with E-state index in [1.165, 1.54) is 25.7 Å². The molecule has 0 saturated heterocycles. The number of hydrogen-bond donors (Lipinski definition) is 1. The van der Waals surface area contributed by atoms with Gasteiger partial charge in [0.2, 0.25) is 0 Å². The van der Waals surface area contributed by atoms with Gasteiger partial charge in [-0.3, -0.25) is 0 Å². The molecule has 1 heterocycles. The summed E-state index contributed by atoms with van der Waals surface area (Å²) in [5.41, 5.74) is 1.01. The fourth-order valence-corrected chi connectivity index (χ4v) is 2.78. The van der Waals surface area contributed by atoms with Gasteiger partial charge in [-0.1, -0.05) is 31.8 Å². The van der Waals surface area contributed by atoms with Gasteiger partial charge in [0.25, 0.3) is 0 Å². The standard InChI is InChI=1S/C13H22N2O/c1-10(2)12-5-3-4-6-13(12)14-9-11-7-8-16-15-11/h7-8,10,12-14H,3-6,9H2,1-2H3. The largest absolute Gasteiger partial charge is 0.364 e. The highest BCUT2D eigenvalue weighted by atomic mass is 16.5. The summed E-state index contributed by atoms with van der Waals surface area (Å²) >= 11 is 0. The summed E-state index contributed by atoms with van der Waals surface area (Å²) in [6.07, 6.45) is 7.07. The molecule has 1 aromatic heterocycles. The molecular weight excluding hydrogens is 200 g/mol. The summed E-state index contributed by atoms with van der Waals surface area (Å²) in [4.78, 5) is 0. The Morgan fingerprint density at radius 2 is 2.25 bits per heavy atom. The first kappa shape index (κ1) is 11.6. The highest BCUT2D eigenvalue weighted by Crippen LogP contribution is 2.30. The number of nitrogens with one attached hydrogen (secondary N) is 1. The lowest BCUT2D eigenvalue weighted by Gasteiger charge is -2.34. The zero-order valence-electron chi connectivity index (χ0n) is 10.3. The van der Waals surface area contributed by atoms with Crippen LogP contribution >= 0.6 is 0 Å². The van der Waals surface area contributed by atoms with Crippen molar-refractivity contribution in [2.45, 2.75) is 52.1 Å². The SMILES string of the molecule is CC(C)C1CCCCC1NCc1ccon1. The van der Waals surface area contributed by atoms with Gasteiger partial charge in [-0.05, 0) is 24.7 Å². The van der Waals surface area contributed by atoms with Crippen molar-refractivity contribution in [1.82, 2.24) is 10.5 Å². The van der Waals surface area contributed by atoms with Gasteiger partial charge < -0.3 is 9.84 Å². The monoisotopic (exact) mass is 222 g/mol. The molecule has 0 spiro atoms. The van der Waals surface area contributed by atoms with Gasteiger partial charge in [0.1, 0.15) is 6.26 Å². The molecule has 0 aromatic carbocycles. The van der Waals surface area contributed by atoms with Crippen molar-refractivity contribution in [3.63, 3.8) is 0 Å². The first-order valence-electron chi connectivity index (χ1n) is 6.40. The molecule has 1 aromatic rings. The predicted octanol–water partition coefficient (Wildman–Crippen LogP) is 2.98. The van der Waals surface area contributed by atoms with Crippen LogP contribution in [0.25, 0.3) is 0 Å². The second-order valence-corrected chi connectivity index (χ2v) is 5.17. The van der Waals surface area contributed by atoms with Crippen LogP contribution in [0.3, 0.4) is 0 Å². The van der Waals surface area contributed by atoms with E-state index in [9.17, 15) is 0 Å². The average molecular weight is 222 g/mol. The van der Waals surface area contributed by atoms with Gasteiger partial charge in [-0.2, -0.15) is 0 Å². The van der Waals surface area contributed by atoms with Gasteiger partial charge in [-0.25, -0.2) is 0 Å². The van der Waals surface area contributed by atoms with Gasteiger partial charge >= 0.3 is 0 Å². The Bertz CT molecular complexity index is 295. The summed E-state index contributed by atoms with van der Waals surface area (Å²) < 4.78 is 4.84. The van der Waals surface area contributed by atoms with E-state index < -0.39 is 0 Å². The van der Waals surface area contributed by atoms with Crippen molar-refractivity contribution < 1.29 is 4.52 Å². The van der Waals surface area contributed by atoms with Crippen molar-refractivity contribution >= 4 is 0 Å². The maximum Gasteiger partial charge on any atom is 0.124 e. The number of hydrogen-bond acceptors (Lipinski definition) is 3. The summed E-state index contributed by atoms with van der Waals surface area (Å²) in [7, 11) is 0. The fourth-order valence-electron chi connectivity index (χ4n) is 2.78. The van der Waals surface area contributed by atoms with Crippen LogP contribution in [-0.4, -0.2) is 11.2 Å². The van der Waals surface area contributed by atoms with E-state index >= 15 is 0 Å². The highest BCUT2D eigenvalue weighted by molar-refractivity contribution is 4.95. The molecule has 3 nitrogen and oxygen atoms in total. The molecule has 0 bridgehead atoms. The van der Waals surface area contributed by atoms with Crippen LogP contribution in [-0.2, 0) is 6.54 Å². The molecule has 2 rings (SSSR count). The molecule has 0 amide bonds. The zero-order chi connectivity index (χ0) is 11.4. The Morgan fingerprint density at radius 1 is 1.44 bits per heavy atom. The van der Waals surface area contributed by atoms with E-state index in [4.69, 9.17) is 4.52 Å². The molecule has 1 N–H and O–H groups in total. The van der Waals surface area contributed by atoms with Gasteiger partial charge in [0.05, 0.1) is 5.69 Å². The predicted molar refractivity (Wildman–Crippen MR) is 63.9 cm³/mol. The minimum atomic E-state index is 0.658. The molecule has 1 aliphatic carbocycles. The Labute approximate surface area is 97.6 Å². The van der Waals surface area contributed by atoms with Gasteiger partial charge in [-0.15, -0.1) is 0 Å². The third-order valence-electron chi connectivity index (χ3n) is 3.71. The average Bonchev–Trinajstić information content (AvgIpc) is 2.79. The maximum atomic E-state index is 4.84. The molecule has 1 aliphatic rings. The molecule has 0 radical (unpaired) electrons. The summed E-state index contributed by atoms with van der Waals surface area (Å²) in [6.45, 7) is 5.51. The lowest BCUT2D eigenvalue weighted by molar-refractivity contribution is 0.203. The van der Waals surface area contributed by atoms with Crippen molar-refractivity contribution in [2.24, 2.45) is 11.8 Å². The minimum Gasteiger partial charge on any atom is -0.364 e. The van der Waals surface area contributed by atoms with Crippen molar-refractivity contribution in [3.05, 3.63) is 18.0 Å². The first-order valence-corrected chi connectivity index (χ1v) is 6.40. The van der Waals surface area contributed by atoms with Crippen LogP contribution in [0.5, 0.6) is 0 Å². The molecule has 90 valence electrons. The third-order valence-corrected chi connectivity index (χ3v) is 3.71. The summed E-state index contributed by atoms with van der Waals surface area (Å²) in [6, 6.07) is 2.59. The van der Waals surface area contributed by atoms with Crippen LogP contribution in [0.1, 0.15) is 45.2 Å². The normalized spacial score (nSPS) is 26.2. The molecule has 3 heteroatoms. The zero-order valence-corrected chi connectivity index (χ0v) is 10.3. The summed E-state index contributed by atoms with van der Waals surface area (Å²) in [5.74, 6) is 1.59. The van der Waals surface area contributed by atoms with Crippen LogP contribution in [0, 0.1) is 11.8 Å². The summed E-state index contributed by atoms with van der Waals surface area (Å²) in [5, 5.41) is 7.57. The van der Waals surface area contributed by atoms with Crippen molar-refractivity contribution in [1.29, 1.82) is 0 Å². The molecule has 16 heavy (non-hydrogen) atoms. The number of aromatic nitrogens is 1. The van der Waals surface area contributed by atoms with Crippen LogP contribution < -0.4 is 5.32 Å². The number of nitrogens with zero attached hydrogens (tertiary/aromatic N) is 1. The Balaban J connectivity index is 1.86. The highest BCUT2D eigenvalue weighted by Gasteiger charge is 2.26. The number of rotatable bonds is 4. The maximum absolute atomic E-state index is 4.84. The van der Waals surface area contributed by atoms with Crippen LogP contribution in [0.15, 0.2) is 16.9 Å². The van der Waals surface area contributed by atoms with Gasteiger partial charge in [0.15, 0.2) is 0 Å². The van der Waals surface area contributed by atoms with Crippen LogP contribution in [0.2, 0.25) is 0 Å². The van der Waals surface area contributed by atoms with E-state index in [0.717, 1.165) is 24.1 Å². The topological polar surface area (TPSA) is 38.1 Å². The molecule has 2 atom stereocenters. The smallest absolute Gasteiger partial charge is 0.124 e. The third kappa shape index (κ3) is 2.85. The van der Waals surface area contributed by atoms with E-state index in [1.54, 1.807) is 6.26 Å². The second kappa shape index (κ2) is 5.48. The minimum absolute atomic E-state index is 0.658. The van der Waals surface area contributed by atoms with E-state index in [2.05, 4.69) is 24.3 Å². The lowest BCUT2D eigenvalue weighted by Crippen LogP contribution is -2.40. The van der Waals surface area contributed by atoms with Crippen LogP contribution in [0.4, 0.5) is 0 Å². The van der Waals surface area contributed by atoms with E-state index in [1.807, 2.05) is 6.07 Å². The first-order chi connectivity index (χ1) is 7.77. The fraction of sp³-hybridized carbons (Fsp3) is 0.769. The molecule has 1 saturated carbocycles. The van der Waals surface area contributed by atoms with Crippen molar-refractivity contribution in [2.75, 3.05) is 0 Å².